The zero-order valence-corrected chi connectivity index (χ0v) is 11.0. The number of nitrogens with zero attached hydrogens (tertiary/aromatic N) is 1. The smallest absolute Gasteiger partial charge is 0.133 e. The van der Waals surface area contributed by atoms with E-state index in [2.05, 4.69) is 10.3 Å². The van der Waals surface area contributed by atoms with Crippen molar-refractivity contribution in [2.24, 2.45) is 0 Å². The number of methoxy groups -OCH3 is 1. The predicted molar refractivity (Wildman–Crippen MR) is 69.3 cm³/mol. The summed E-state index contributed by atoms with van der Waals surface area (Å²) < 4.78 is 4.97. The van der Waals surface area contributed by atoms with E-state index in [1.807, 2.05) is 12.1 Å². The lowest BCUT2D eigenvalue weighted by Gasteiger charge is -2.05. The van der Waals surface area contributed by atoms with Gasteiger partial charge >= 0.3 is 0 Å². The van der Waals surface area contributed by atoms with E-state index < -0.39 is 0 Å². The quantitative estimate of drug-likeness (QED) is 0.608. The highest BCUT2D eigenvalue weighted by Gasteiger charge is 1.98. The number of pyridine rings is 1. The average molecular weight is 265 g/mol. The number of rotatable bonds is 7. The van der Waals surface area contributed by atoms with Crippen LogP contribution in [0.4, 0.5) is 0 Å². The summed E-state index contributed by atoms with van der Waals surface area (Å²) in [6, 6.07) is 3.88. The van der Waals surface area contributed by atoms with Gasteiger partial charge in [-0.25, -0.2) is 4.98 Å². The van der Waals surface area contributed by atoms with Crippen LogP contribution >= 0.6 is 24.0 Å². The minimum atomic E-state index is 0. The number of hydrogen-bond acceptors (Lipinski definition) is 3. The molecule has 5 heteroatoms. The second kappa shape index (κ2) is 9.85. The molecule has 0 bridgehead atoms. The molecule has 0 aliphatic carbocycles. The standard InChI is InChI=1S/C11H17ClN2O.ClH/c1-15-8-3-2-6-13-9-10-5-4-7-14-11(10)12;/h4-5,7,13H,2-3,6,8-9H2,1H3;1H. The summed E-state index contributed by atoms with van der Waals surface area (Å²) in [5, 5.41) is 3.91. The van der Waals surface area contributed by atoms with Gasteiger partial charge in [0.05, 0.1) is 0 Å². The van der Waals surface area contributed by atoms with Crippen molar-refractivity contribution in [3.63, 3.8) is 0 Å². The Morgan fingerprint density at radius 1 is 1.44 bits per heavy atom. The number of unbranched alkanes of at least 4 members (excludes halogenated alkanes) is 1. The molecular weight excluding hydrogens is 247 g/mol. The summed E-state index contributed by atoms with van der Waals surface area (Å²) in [5.74, 6) is 0. The van der Waals surface area contributed by atoms with E-state index in [1.165, 1.54) is 0 Å². The number of halogens is 2. The van der Waals surface area contributed by atoms with E-state index >= 15 is 0 Å². The number of ether oxygens (including phenoxy) is 1. The first-order valence-electron chi connectivity index (χ1n) is 5.13. The molecule has 0 atom stereocenters. The second-order valence-corrected chi connectivity index (χ2v) is 3.69. The molecule has 0 aliphatic rings. The summed E-state index contributed by atoms with van der Waals surface area (Å²) in [6.45, 7) is 2.59. The van der Waals surface area contributed by atoms with Crippen LogP contribution in [0.2, 0.25) is 5.15 Å². The van der Waals surface area contributed by atoms with Crippen molar-refractivity contribution < 1.29 is 4.74 Å². The number of nitrogens with one attached hydrogen (secondary N) is 1. The molecule has 1 N–H and O–H groups in total. The molecule has 1 aromatic rings. The second-order valence-electron chi connectivity index (χ2n) is 3.33. The third-order valence-corrected chi connectivity index (χ3v) is 2.44. The molecule has 0 aliphatic heterocycles. The van der Waals surface area contributed by atoms with Gasteiger partial charge < -0.3 is 10.1 Å². The highest BCUT2D eigenvalue weighted by atomic mass is 35.5. The molecule has 0 spiro atoms. The molecule has 1 heterocycles. The van der Waals surface area contributed by atoms with E-state index in [9.17, 15) is 0 Å². The van der Waals surface area contributed by atoms with Gasteiger partial charge in [-0.2, -0.15) is 0 Å². The lowest BCUT2D eigenvalue weighted by Crippen LogP contribution is -2.15. The Bertz CT molecular complexity index is 284. The largest absolute Gasteiger partial charge is 0.385 e. The lowest BCUT2D eigenvalue weighted by molar-refractivity contribution is 0.192. The zero-order chi connectivity index (χ0) is 10.9. The highest BCUT2D eigenvalue weighted by Crippen LogP contribution is 2.10. The Kier molecular flexibility index (Phi) is 9.63. The van der Waals surface area contributed by atoms with Crippen molar-refractivity contribution in [1.29, 1.82) is 0 Å². The van der Waals surface area contributed by atoms with Crippen LogP contribution in [-0.2, 0) is 11.3 Å². The molecule has 1 aromatic heterocycles. The van der Waals surface area contributed by atoms with Crippen molar-refractivity contribution in [2.75, 3.05) is 20.3 Å². The monoisotopic (exact) mass is 264 g/mol. The maximum atomic E-state index is 5.92. The third kappa shape index (κ3) is 6.28. The predicted octanol–water partition coefficient (Wildman–Crippen LogP) is 2.67. The Labute approximate surface area is 108 Å². The number of aromatic nitrogens is 1. The van der Waals surface area contributed by atoms with E-state index in [4.69, 9.17) is 16.3 Å². The van der Waals surface area contributed by atoms with E-state index in [1.54, 1.807) is 13.3 Å². The maximum Gasteiger partial charge on any atom is 0.133 e. The summed E-state index contributed by atoms with van der Waals surface area (Å²) in [4.78, 5) is 4.01. The van der Waals surface area contributed by atoms with E-state index in [0.717, 1.165) is 38.1 Å². The minimum absolute atomic E-state index is 0. The molecule has 0 fully saturated rings. The number of hydrogen-bond donors (Lipinski definition) is 1. The van der Waals surface area contributed by atoms with Crippen LogP contribution in [0.1, 0.15) is 18.4 Å². The Morgan fingerprint density at radius 3 is 2.94 bits per heavy atom. The average Bonchev–Trinajstić information content (AvgIpc) is 2.25. The van der Waals surface area contributed by atoms with Crippen molar-refractivity contribution in [1.82, 2.24) is 10.3 Å². The highest BCUT2D eigenvalue weighted by molar-refractivity contribution is 6.30. The zero-order valence-electron chi connectivity index (χ0n) is 9.41. The summed E-state index contributed by atoms with van der Waals surface area (Å²) in [5.41, 5.74) is 1.05. The van der Waals surface area contributed by atoms with Crippen molar-refractivity contribution in [3.05, 3.63) is 29.0 Å². The van der Waals surface area contributed by atoms with Crippen LogP contribution in [0, 0.1) is 0 Å². The van der Waals surface area contributed by atoms with E-state index in [-0.39, 0.29) is 12.4 Å². The molecular formula is C11H18Cl2N2O. The molecule has 1 rings (SSSR count). The van der Waals surface area contributed by atoms with Gasteiger partial charge in [-0.15, -0.1) is 12.4 Å². The molecule has 0 aromatic carbocycles. The topological polar surface area (TPSA) is 34.1 Å². The van der Waals surface area contributed by atoms with Crippen molar-refractivity contribution in [2.45, 2.75) is 19.4 Å². The van der Waals surface area contributed by atoms with Gasteiger partial charge in [-0.05, 0) is 25.5 Å². The van der Waals surface area contributed by atoms with Gasteiger partial charge in [0.25, 0.3) is 0 Å². The van der Waals surface area contributed by atoms with Crippen LogP contribution in [0.25, 0.3) is 0 Å². The van der Waals surface area contributed by atoms with Gasteiger partial charge in [-0.3, -0.25) is 0 Å². The first-order valence-corrected chi connectivity index (χ1v) is 5.51. The first-order chi connectivity index (χ1) is 7.34. The molecule has 3 nitrogen and oxygen atoms in total. The fraction of sp³-hybridized carbons (Fsp3) is 0.545. The maximum absolute atomic E-state index is 5.92. The molecule has 0 radical (unpaired) electrons. The van der Waals surface area contributed by atoms with Crippen LogP contribution < -0.4 is 5.32 Å². The van der Waals surface area contributed by atoms with Crippen molar-refractivity contribution in [3.8, 4) is 0 Å². The fourth-order valence-corrected chi connectivity index (χ4v) is 1.46. The fourth-order valence-electron chi connectivity index (χ4n) is 1.27. The Morgan fingerprint density at radius 2 is 2.25 bits per heavy atom. The summed E-state index contributed by atoms with van der Waals surface area (Å²) in [7, 11) is 1.73. The minimum Gasteiger partial charge on any atom is -0.385 e. The van der Waals surface area contributed by atoms with Crippen LogP contribution in [0.3, 0.4) is 0 Å². The normalized spacial score (nSPS) is 9.88. The molecule has 0 unspecified atom stereocenters. The van der Waals surface area contributed by atoms with E-state index in [0.29, 0.717) is 5.15 Å². The van der Waals surface area contributed by atoms with Gasteiger partial charge in [0.15, 0.2) is 0 Å². The van der Waals surface area contributed by atoms with Crippen molar-refractivity contribution >= 4 is 24.0 Å². The molecule has 0 saturated heterocycles. The van der Waals surface area contributed by atoms with Crippen LogP contribution in [0.15, 0.2) is 18.3 Å². The SMILES string of the molecule is COCCCCNCc1cccnc1Cl.Cl. The van der Waals surface area contributed by atoms with Gasteiger partial charge in [0.2, 0.25) is 0 Å². The summed E-state index contributed by atoms with van der Waals surface area (Å²) in [6.07, 6.45) is 3.90. The first kappa shape index (κ1) is 15.7. The Hall–Kier alpha value is -0.350. The van der Waals surface area contributed by atoms with Crippen LogP contribution in [-0.4, -0.2) is 25.2 Å². The Balaban J connectivity index is 0.00000225. The van der Waals surface area contributed by atoms with Crippen LogP contribution in [0.5, 0.6) is 0 Å². The third-order valence-electron chi connectivity index (χ3n) is 2.10. The molecule has 0 amide bonds. The lowest BCUT2D eigenvalue weighted by atomic mass is 10.2. The summed E-state index contributed by atoms with van der Waals surface area (Å²) >= 11 is 5.92. The molecule has 0 saturated carbocycles. The van der Waals surface area contributed by atoms with Gasteiger partial charge in [0, 0.05) is 32.0 Å². The molecule has 92 valence electrons. The van der Waals surface area contributed by atoms with Gasteiger partial charge in [-0.1, -0.05) is 17.7 Å². The van der Waals surface area contributed by atoms with Gasteiger partial charge in [0.1, 0.15) is 5.15 Å². The molecule has 16 heavy (non-hydrogen) atoms.